The highest BCUT2D eigenvalue weighted by Crippen LogP contribution is 2.62. The van der Waals surface area contributed by atoms with Gasteiger partial charge in [-0.2, -0.15) is 65.9 Å². The number of ketones is 1. The minimum Gasteiger partial charge on any atom is -0.287 e. The van der Waals surface area contributed by atoms with Gasteiger partial charge in [-0.25, -0.2) is 0 Å². The number of hydrogen-bond acceptors (Lipinski definition) is 1. The van der Waals surface area contributed by atoms with Crippen LogP contribution in [0.3, 0.4) is 0 Å². The highest BCUT2D eigenvalue weighted by Gasteiger charge is 2.94. The van der Waals surface area contributed by atoms with Crippen molar-refractivity contribution in [2.75, 3.05) is 0 Å². The predicted octanol–water partition coefficient (Wildman–Crippen LogP) is 11.1. The molecule has 2 aliphatic carbocycles. The Balaban J connectivity index is 1.71. The summed E-state index contributed by atoms with van der Waals surface area (Å²) in [6.45, 7) is 2.22. The van der Waals surface area contributed by atoms with Crippen molar-refractivity contribution in [2.24, 2.45) is 17.8 Å². The zero-order valence-electron chi connectivity index (χ0n) is 23.8. The molecular weight excluding hydrogens is 649 g/mol. The van der Waals surface area contributed by atoms with Crippen molar-refractivity contribution in [1.82, 2.24) is 0 Å². The lowest BCUT2D eigenvalue weighted by atomic mass is 9.74. The Bertz CT molecular complexity index is 1160. The van der Waals surface area contributed by atoms with Crippen LogP contribution in [-0.2, 0) is 0 Å². The normalized spacial score (nSPS) is 24.9. The van der Waals surface area contributed by atoms with E-state index < -0.39 is 53.1 Å². The summed E-state index contributed by atoms with van der Waals surface area (Å²) in [7, 11) is 0. The van der Waals surface area contributed by atoms with Crippen LogP contribution in [0, 0.1) is 17.8 Å². The first-order valence-electron chi connectivity index (χ1n) is 14.3. The Kier molecular flexibility index (Phi) is 10.3. The molecule has 0 heterocycles. The summed E-state index contributed by atoms with van der Waals surface area (Å²) >= 11 is 0. The maximum absolute atomic E-state index is 14.4. The van der Waals surface area contributed by atoms with Crippen LogP contribution in [0.25, 0.3) is 0 Å². The van der Waals surface area contributed by atoms with Crippen LogP contribution in [-0.4, -0.2) is 47.5 Å². The lowest BCUT2D eigenvalue weighted by Crippen LogP contribution is -2.73. The minimum atomic E-state index is -8.43. The lowest BCUT2D eigenvalue weighted by Gasteiger charge is -2.41. The van der Waals surface area contributed by atoms with E-state index in [2.05, 4.69) is 6.92 Å². The molecule has 0 amide bonds. The Labute approximate surface area is 248 Å². The van der Waals surface area contributed by atoms with Gasteiger partial charge in [0.25, 0.3) is 0 Å². The van der Waals surface area contributed by atoms with Crippen LogP contribution >= 0.6 is 0 Å². The van der Waals surface area contributed by atoms with E-state index in [4.69, 9.17) is 0 Å². The molecule has 0 radical (unpaired) electrons. The average Bonchev–Trinajstić information content (AvgIpc) is 2.95. The number of rotatable bonds is 11. The quantitative estimate of drug-likeness (QED) is 0.168. The molecule has 258 valence electrons. The summed E-state index contributed by atoms with van der Waals surface area (Å²) in [5.41, 5.74) is -1.00. The molecule has 1 aromatic rings. The van der Waals surface area contributed by atoms with Crippen molar-refractivity contribution >= 4 is 5.78 Å². The average molecular weight is 681 g/mol. The molecule has 0 saturated heterocycles. The smallest absolute Gasteiger partial charge is 0.287 e. The fourth-order valence-electron chi connectivity index (χ4n) is 6.07. The summed E-state index contributed by atoms with van der Waals surface area (Å²) in [4.78, 5) is 12.1. The Morgan fingerprint density at radius 1 is 0.556 bits per heavy atom. The van der Waals surface area contributed by atoms with Gasteiger partial charge in [0.1, 0.15) is 0 Å². The molecule has 2 fully saturated rings. The topological polar surface area (TPSA) is 17.1 Å². The van der Waals surface area contributed by atoms with Gasteiger partial charge in [-0.05, 0) is 54.9 Å². The summed E-state index contributed by atoms with van der Waals surface area (Å²) in [6, 6.07) is 3.03. The highest BCUT2D eigenvalue weighted by atomic mass is 19.4. The van der Waals surface area contributed by atoms with Crippen molar-refractivity contribution in [3.63, 3.8) is 0 Å². The van der Waals surface area contributed by atoms with Crippen LogP contribution in [0.5, 0.6) is 0 Å². The van der Waals surface area contributed by atoms with Gasteiger partial charge in [0, 0.05) is 5.56 Å². The van der Waals surface area contributed by atoms with Crippen molar-refractivity contribution in [3.05, 3.63) is 35.4 Å². The summed E-state index contributed by atoms with van der Waals surface area (Å²) in [6.07, 6.45) is 2.16. The van der Waals surface area contributed by atoms with E-state index in [1.165, 1.54) is 25.7 Å². The SMILES string of the molecule is C[C@H]1CC[C@H](CC[C@H]2CC[C@H](c3ccc(C(=O)C(F)(F)C(F)(F)C(F)(F)C(F)(F)C(F)(F)C(F)(F)C(F)(F)F)cc3)CC2)CC1. The van der Waals surface area contributed by atoms with E-state index >= 15 is 0 Å². The number of carbonyl (C=O) groups excluding carboxylic acids is 1. The third-order valence-corrected chi connectivity index (χ3v) is 9.22. The van der Waals surface area contributed by atoms with Gasteiger partial charge < -0.3 is 0 Å². The van der Waals surface area contributed by atoms with Gasteiger partial charge in [0.15, 0.2) is 0 Å². The van der Waals surface area contributed by atoms with Crippen LogP contribution in [0.15, 0.2) is 24.3 Å². The first-order valence-corrected chi connectivity index (χ1v) is 14.3. The fourth-order valence-corrected chi connectivity index (χ4v) is 6.07. The molecule has 0 spiro atoms. The van der Waals surface area contributed by atoms with Crippen LogP contribution in [0.1, 0.15) is 93.0 Å². The van der Waals surface area contributed by atoms with E-state index in [0.29, 0.717) is 42.4 Å². The first kappa shape index (κ1) is 37.3. The largest absolute Gasteiger partial charge is 0.460 e. The maximum Gasteiger partial charge on any atom is 0.460 e. The monoisotopic (exact) mass is 680 g/mol. The van der Waals surface area contributed by atoms with Crippen molar-refractivity contribution in [2.45, 2.75) is 119 Å². The summed E-state index contributed by atoms with van der Waals surface area (Å²) in [5, 5.41) is 0. The molecule has 0 unspecified atom stereocenters. The van der Waals surface area contributed by atoms with Crippen molar-refractivity contribution in [3.8, 4) is 0 Å². The Morgan fingerprint density at radius 3 is 1.36 bits per heavy atom. The summed E-state index contributed by atoms with van der Waals surface area (Å²) < 4.78 is 202. The molecule has 1 aromatic carbocycles. The molecule has 0 aromatic heterocycles. The lowest BCUT2D eigenvalue weighted by molar-refractivity contribution is -0.449. The van der Waals surface area contributed by atoms with E-state index in [1.807, 2.05) is 0 Å². The van der Waals surface area contributed by atoms with Crippen LogP contribution < -0.4 is 0 Å². The number of halogens is 15. The molecule has 0 bridgehead atoms. The molecule has 16 heteroatoms. The third kappa shape index (κ3) is 6.53. The predicted molar refractivity (Wildman–Crippen MR) is 132 cm³/mol. The van der Waals surface area contributed by atoms with Crippen LogP contribution in [0.2, 0.25) is 0 Å². The van der Waals surface area contributed by atoms with Gasteiger partial charge in [0.05, 0.1) is 0 Å². The second-order valence-electron chi connectivity index (χ2n) is 12.3. The molecular formula is C29H31F15O. The highest BCUT2D eigenvalue weighted by molar-refractivity contribution is 6.02. The van der Waals surface area contributed by atoms with Gasteiger partial charge in [-0.3, -0.25) is 4.79 Å². The third-order valence-electron chi connectivity index (χ3n) is 9.22. The number of alkyl halides is 15. The second kappa shape index (κ2) is 12.5. The fraction of sp³-hybridized carbons (Fsp3) is 0.759. The molecule has 3 rings (SSSR count). The van der Waals surface area contributed by atoms with E-state index in [0.717, 1.165) is 43.7 Å². The zero-order valence-corrected chi connectivity index (χ0v) is 23.8. The number of benzene rings is 1. The Hall–Kier alpha value is -2.16. The second-order valence-corrected chi connectivity index (χ2v) is 12.3. The molecule has 0 atom stereocenters. The van der Waals surface area contributed by atoms with Gasteiger partial charge in [-0.15, -0.1) is 0 Å². The molecule has 2 aliphatic rings. The van der Waals surface area contributed by atoms with E-state index in [1.54, 1.807) is 0 Å². The van der Waals surface area contributed by atoms with Crippen LogP contribution in [0.4, 0.5) is 65.9 Å². The molecule has 0 N–H and O–H groups in total. The number of hydrogen-bond donors (Lipinski definition) is 0. The van der Waals surface area contributed by atoms with Crippen molar-refractivity contribution < 1.29 is 70.7 Å². The molecule has 0 aliphatic heterocycles. The molecule has 2 saturated carbocycles. The Morgan fingerprint density at radius 2 is 0.933 bits per heavy atom. The zero-order chi connectivity index (χ0) is 34.4. The van der Waals surface area contributed by atoms with Gasteiger partial charge in [-0.1, -0.05) is 69.7 Å². The molecule has 1 nitrogen and oxygen atoms in total. The standard InChI is InChI=1S/C29H31F15O/c1-16-2-4-17(5-3-16)6-7-18-8-10-19(11-9-18)20-12-14-21(15-13-20)22(45)23(30,31)24(32,33)25(34,35)26(36,37)27(38,39)28(40,41)29(42,43)44/h12-19H,2-11H2,1H3/t16-,17-,18-,19-. The van der Waals surface area contributed by atoms with E-state index in [-0.39, 0.29) is 5.92 Å². The van der Waals surface area contributed by atoms with Gasteiger partial charge in [0.2, 0.25) is 5.78 Å². The van der Waals surface area contributed by atoms with Crippen molar-refractivity contribution in [1.29, 1.82) is 0 Å². The number of Topliss-reactive ketones (excluding diaryl/α,β-unsaturated/α-hetero) is 1. The number of carbonyl (C=O) groups is 1. The maximum atomic E-state index is 14.4. The van der Waals surface area contributed by atoms with E-state index in [9.17, 15) is 70.7 Å². The van der Waals surface area contributed by atoms with Gasteiger partial charge >= 0.3 is 41.7 Å². The first-order chi connectivity index (χ1) is 20.3. The molecule has 45 heavy (non-hydrogen) atoms. The minimum absolute atomic E-state index is 0.150. The summed E-state index contributed by atoms with van der Waals surface area (Å²) in [5.74, 6) is -49.5.